The molecule has 0 spiro atoms. The molecular weight excluding hydrogens is 652 g/mol. The topological polar surface area (TPSA) is 157 Å². The van der Waals surface area contributed by atoms with Crippen molar-refractivity contribution >= 4 is 17.3 Å². The van der Waals surface area contributed by atoms with E-state index in [4.69, 9.17) is 5.73 Å². The Bertz CT molecular complexity index is 2000. The number of piperazine rings is 1. The number of nitrogens with two attached hydrogens (primary N) is 1. The number of hydrogen-bond acceptors (Lipinski definition) is 8. The lowest BCUT2D eigenvalue weighted by molar-refractivity contribution is -0.384. The number of alkyl halides is 3. The summed E-state index contributed by atoms with van der Waals surface area (Å²) in [5.41, 5.74) is 3.05. The molecule has 258 valence electrons. The maximum Gasteiger partial charge on any atom is 0.416 e. The molecular formula is C33H32F4N6O6. The van der Waals surface area contributed by atoms with E-state index >= 15 is 4.39 Å². The molecule has 0 bridgehead atoms. The van der Waals surface area contributed by atoms with E-state index < -0.39 is 63.9 Å². The van der Waals surface area contributed by atoms with E-state index in [0.717, 1.165) is 21.3 Å². The molecule has 1 saturated heterocycles. The molecule has 16 heteroatoms. The number of aliphatic carboxylic acids is 1. The number of carboxylic acids is 1. The summed E-state index contributed by atoms with van der Waals surface area (Å²) in [6.07, 6.45) is -4.95. The number of aromatic nitrogens is 2. The van der Waals surface area contributed by atoms with E-state index in [-0.39, 0.29) is 49.8 Å². The van der Waals surface area contributed by atoms with Crippen molar-refractivity contribution in [2.45, 2.75) is 44.8 Å². The van der Waals surface area contributed by atoms with Gasteiger partial charge in [0.25, 0.3) is 11.2 Å². The minimum Gasteiger partial charge on any atom is -0.480 e. The number of rotatable bonds is 10. The number of halogens is 4. The SMILES string of the molecule is Cc1c(N2CCN(Cc3cccc([N+](=O)[O-])c3)C(C(=O)O)C2)c(=O)n(C[C@@H](N)c2ccccc2)c(=O)n1Cc1c(F)cccc1C(F)(F)F. The Labute approximate surface area is 276 Å². The lowest BCUT2D eigenvalue weighted by atomic mass is 10.1. The molecule has 2 atom stereocenters. The smallest absolute Gasteiger partial charge is 0.416 e. The molecule has 2 heterocycles. The highest BCUT2D eigenvalue weighted by molar-refractivity contribution is 5.75. The van der Waals surface area contributed by atoms with Crippen molar-refractivity contribution in [3.63, 3.8) is 0 Å². The maximum atomic E-state index is 15.0. The van der Waals surface area contributed by atoms with Gasteiger partial charge in [-0.05, 0) is 30.2 Å². The van der Waals surface area contributed by atoms with Crippen LogP contribution in [0.1, 0.15) is 34.0 Å². The first-order valence-corrected chi connectivity index (χ1v) is 15.1. The van der Waals surface area contributed by atoms with Crippen LogP contribution in [0.3, 0.4) is 0 Å². The number of nitro groups is 1. The molecule has 0 amide bonds. The zero-order valence-electron chi connectivity index (χ0n) is 26.1. The molecule has 49 heavy (non-hydrogen) atoms. The van der Waals surface area contributed by atoms with Crippen LogP contribution in [0.15, 0.2) is 82.4 Å². The van der Waals surface area contributed by atoms with Gasteiger partial charge in [-0.25, -0.2) is 9.18 Å². The Hall–Kier alpha value is -5.35. The monoisotopic (exact) mass is 684 g/mol. The summed E-state index contributed by atoms with van der Waals surface area (Å²) in [6.45, 7) is -0.0645. The highest BCUT2D eigenvalue weighted by atomic mass is 19.4. The molecule has 3 N–H and O–H groups in total. The van der Waals surface area contributed by atoms with Crippen molar-refractivity contribution in [2.24, 2.45) is 5.73 Å². The van der Waals surface area contributed by atoms with Crippen LogP contribution in [-0.2, 0) is 30.6 Å². The summed E-state index contributed by atoms with van der Waals surface area (Å²) in [7, 11) is 0. The third-order valence-corrected chi connectivity index (χ3v) is 8.60. The fourth-order valence-electron chi connectivity index (χ4n) is 6.09. The van der Waals surface area contributed by atoms with Gasteiger partial charge < -0.3 is 15.7 Å². The minimum atomic E-state index is -4.95. The van der Waals surface area contributed by atoms with Gasteiger partial charge in [0.15, 0.2) is 0 Å². The van der Waals surface area contributed by atoms with Crippen LogP contribution in [0.5, 0.6) is 0 Å². The fraction of sp³-hybridized carbons (Fsp3) is 0.303. The standard InChI is InChI=1S/C33H32F4N6O6/c1-20-29(40-14-13-39(28(19-40)31(45)46)16-21-7-5-10-23(15-21)43(48)49)30(44)42(18-27(38)22-8-3-2-4-9-22)32(47)41(20)17-24-25(33(35,36)37)11-6-12-26(24)34/h2-12,15,27-28H,13-14,16-19,38H2,1H3,(H,45,46)/t27-,28?/m1/s1. The normalized spacial score (nSPS) is 16.0. The quantitative estimate of drug-likeness (QED) is 0.144. The molecule has 0 saturated carbocycles. The minimum absolute atomic E-state index is 0.0363. The fourth-order valence-corrected chi connectivity index (χ4v) is 6.09. The summed E-state index contributed by atoms with van der Waals surface area (Å²) < 4.78 is 58.5. The predicted octanol–water partition coefficient (Wildman–Crippen LogP) is 3.91. The predicted molar refractivity (Wildman–Crippen MR) is 171 cm³/mol. The summed E-state index contributed by atoms with van der Waals surface area (Å²) in [5.74, 6) is -2.46. The number of nitro benzene ring substituents is 1. The van der Waals surface area contributed by atoms with Crippen LogP contribution in [0.25, 0.3) is 0 Å². The van der Waals surface area contributed by atoms with Gasteiger partial charge in [-0.1, -0.05) is 48.5 Å². The van der Waals surface area contributed by atoms with Crippen molar-refractivity contribution in [1.29, 1.82) is 0 Å². The van der Waals surface area contributed by atoms with Gasteiger partial charge in [0.2, 0.25) is 0 Å². The Kier molecular flexibility index (Phi) is 10.0. The lowest BCUT2D eigenvalue weighted by Crippen LogP contribution is -2.58. The Morgan fingerprint density at radius 2 is 1.71 bits per heavy atom. The van der Waals surface area contributed by atoms with Crippen LogP contribution >= 0.6 is 0 Å². The van der Waals surface area contributed by atoms with Crippen LogP contribution in [0, 0.1) is 22.9 Å². The molecule has 1 aromatic heterocycles. The van der Waals surface area contributed by atoms with Gasteiger partial charge in [-0.2, -0.15) is 13.2 Å². The van der Waals surface area contributed by atoms with Gasteiger partial charge in [-0.15, -0.1) is 0 Å². The number of benzene rings is 3. The molecule has 1 aliphatic rings. The van der Waals surface area contributed by atoms with E-state index in [2.05, 4.69) is 0 Å². The number of carbonyl (C=O) groups is 1. The summed E-state index contributed by atoms with van der Waals surface area (Å²) in [6, 6.07) is 14.5. The molecule has 3 aromatic carbocycles. The number of hydrogen-bond donors (Lipinski definition) is 2. The zero-order valence-corrected chi connectivity index (χ0v) is 26.1. The van der Waals surface area contributed by atoms with Crippen molar-refractivity contribution in [1.82, 2.24) is 14.0 Å². The van der Waals surface area contributed by atoms with Crippen LogP contribution in [0.2, 0.25) is 0 Å². The Morgan fingerprint density at radius 3 is 2.37 bits per heavy atom. The van der Waals surface area contributed by atoms with Gasteiger partial charge in [0, 0.05) is 55.6 Å². The van der Waals surface area contributed by atoms with Crippen molar-refractivity contribution < 1.29 is 32.4 Å². The molecule has 1 aliphatic heterocycles. The summed E-state index contributed by atoms with van der Waals surface area (Å²) in [5, 5.41) is 21.4. The van der Waals surface area contributed by atoms with E-state index in [9.17, 15) is 42.8 Å². The van der Waals surface area contributed by atoms with Crippen molar-refractivity contribution in [3.05, 3.63) is 138 Å². The van der Waals surface area contributed by atoms with Gasteiger partial charge in [-0.3, -0.25) is 33.7 Å². The first-order chi connectivity index (χ1) is 23.2. The second-order valence-corrected chi connectivity index (χ2v) is 11.7. The number of anilines is 1. The van der Waals surface area contributed by atoms with E-state index in [1.165, 1.54) is 30.0 Å². The van der Waals surface area contributed by atoms with Crippen molar-refractivity contribution in [3.8, 4) is 0 Å². The third-order valence-electron chi connectivity index (χ3n) is 8.60. The Balaban J connectivity index is 1.59. The molecule has 0 radical (unpaired) electrons. The van der Waals surface area contributed by atoms with Crippen LogP contribution in [-0.4, -0.2) is 55.7 Å². The van der Waals surface area contributed by atoms with E-state index in [1.807, 2.05) is 0 Å². The number of nitrogens with zero attached hydrogens (tertiary/aromatic N) is 5. The molecule has 4 aromatic rings. The summed E-state index contributed by atoms with van der Waals surface area (Å²) in [4.78, 5) is 54.2. The van der Waals surface area contributed by atoms with Crippen LogP contribution in [0.4, 0.5) is 28.9 Å². The first-order valence-electron chi connectivity index (χ1n) is 15.1. The largest absolute Gasteiger partial charge is 0.480 e. The second kappa shape index (κ2) is 14.0. The molecule has 1 fully saturated rings. The average molecular weight is 685 g/mol. The number of carboxylic acid groups (broad SMARTS) is 1. The van der Waals surface area contributed by atoms with E-state index in [0.29, 0.717) is 17.2 Å². The Morgan fingerprint density at radius 1 is 1.02 bits per heavy atom. The van der Waals surface area contributed by atoms with E-state index in [1.54, 1.807) is 41.3 Å². The van der Waals surface area contributed by atoms with Crippen LogP contribution < -0.4 is 21.9 Å². The third kappa shape index (κ3) is 7.39. The lowest BCUT2D eigenvalue weighted by Gasteiger charge is -2.40. The highest BCUT2D eigenvalue weighted by Crippen LogP contribution is 2.34. The highest BCUT2D eigenvalue weighted by Gasteiger charge is 2.37. The van der Waals surface area contributed by atoms with Crippen molar-refractivity contribution in [2.75, 3.05) is 24.5 Å². The molecule has 12 nitrogen and oxygen atoms in total. The molecule has 5 rings (SSSR count). The summed E-state index contributed by atoms with van der Waals surface area (Å²) >= 11 is 0. The zero-order chi connectivity index (χ0) is 35.6. The van der Waals surface area contributed by atoms with Gasteiger partial charge in [0.05, 0.1) is 23.6 Å². The second-order valence-electron chi connectivity index (χ2n) is 11.7. The van der Waals surface area contributed by atoms with Gasteiger partial charge >= 0.3 is 17.8 Å². The molecule has 0 aliphatic carbocycles. The van der Waals surface area contributed by atoms with Gasteiger partial charge in [0.1, 0.15) is 17.5 Å². The first kappa shape index (κ1) is 35.0. The average Bonchev–Trinajstić information content (AvgIpc) is 3.06. The maximum absolute atomic E-state index is 15.0. The molecule has 1 unspecified atom stereocenters. The number of non-ortho nitro benzene ring substituents is 1.